The molecule has 1 aromatic heterocycles. The molecule has 0 aromatic carbocycles. The first kappa shape index (κ1) is 14.1. The van der Waals surface area contributed by atoms with E-state index in [1.165, 1.54) is 37.5 Å². The van der Waals surface area contributed by atoms with Gasteiger partial charge in [-0.25, -0.2) is 0 Å². The van der Waals surface area contributed by atoms with Gasteiger partial charge in [-0.1, -0.05) is 19.3 Å². The number of hydrogen-bond donors (Lipinski definition) is 1. The van der Waals surface area contributed by atoms with Gasteiger partial charge in [-0.05, 0) is 25.0 Å². The maximum absolute atomic E-state index is 12.4. The summed E-state index contributed by atoms with van der Waals surface area (Å²) in [6, 6.07) is 3.60. The Morgan fingerprint density at radius 2 is 1.74 bits per heavy atom. The molecule has 1 N–H and O–H groups in total. The summed E-state index contributed by atoms with van der Waals surface area (Å²) in [6.45, 7) is 3.18. The minimum absolute atomic E-state index is 0.100. The molecule has 0 aliphatic carbocycles. The third-order valence-electron chi connectivity index (χ3n) is 3.26. The number of carbonyl (C=O) groups is 2. The molecule has 2 heterocycles. The number of nitrogens with one attached hydrogen (secondary N) is 1. The monoisotopic (exact) mass is 280 g/mol. The van der Waals surface area contributed by atoms with E-state index in [0.29, 0.717) is 4.88 Å². The minimum Gasteiger partial charge on any atom is -0.338 e. The van der Waals surface area contributed by atoms with Gasteiger partial charge in [0.15, 0.2) is 0 Å². The molecule has 4 nitrogen and oxygen atoms in total. The molecular weight excluding hydrogens is 260 g/mol. The number of rotatable bonds is 2. The second kappa shape index (κ2) is 6.70. The highest BCUT2D eigenvalue weighted by Crippen LogP contribution is 2.24. The maximum atomic E-state index is 12.4. The quantitative estimate of drug-likeness (QED) is 0.905. The van der Waals surface area contributed by atoms with Crippen molar-refractivity contribution in [1.29, 1.82) is 0 Å². The van der Waals surface area contributed by atoms with E-state index < -0.39 is 0 Å². The van der Waals surface area contributed by atoms with Crippen molar-refractivity contribution in [2.75, 3.05) is 18.4 Å². The van der Waals surface area contributed by atoms with Crippen LogP contribution < -0.4 is 5.32 Å². The molecule has 0 saturated carbocycles. The van der Waals surface area contributed by atoms with E-state index >= 15 is 0 Å². The fourth-order valence-corrected chi connectivity index (χ4v) is 3.22. The summed E-state index contributed by atoms with van der Waals surface area (Å²) in [5.41, 5.74) is 0. The molecule has 1 aromatic rings. The smallest absolute Gasteiger partial charge is 0.263 e. The van der Waals surface area contributed by atoms with Crippen molar-refractivity contribution in [2.45, 2.75) is 39.0 Å². The number of likely N-dealkylation sites (tertiary alicyclic amines) is 1. The first-order chi connectivity index (χ1) is 9.16. The molecule has 19 heavy (non-hydrogen) atoms. The molecule has 2 rings (SSSR count). The summed E-state index contributed by atoms with van der Waals surface area (Å²) in [6.07, 6.45) is 5.90. The lowest BCUT2D eigenvalue weighted by molar-refractivity contribution is -0.114. The normalized spacial score (nSPS) is 16.6. The molecule has 0 bridgehead atoms. The Labute approximate surface area is 117 Å². The number of carbonyl (C=O) groups excluding carboxylic acids is 2. The molecule has 1 fully saturated rings. The van der Waals surface area contributed by atoms with Crippen molar-refractivity contribution in [3.8, 4) is 0 Å². The van der Waals surface area contributed by atoms with Crippen LogP contribution in [-0.4, -0.2) is 29.8 Å². The number of amides is 2. The van der Waals surface area contributed by atoms with Gasteiger partial charge in [-0.3, -0.25) is 9.59 Å². The van der Waals surface area contributed by atoms with Gasteiger partial charge < -0.3 is 10.2 Å². The number of anilines is 1. The Kier molecular flexibility index (Phi) is 4.96. The largest absolute Gasteiger partial charge is 0.338 e. The molecule has 1 aliphatic rings. The number of nitrogens with zero attached hydrogens (tertiary/aromatic N) is 1. The Morgan fingerprint density at radius 1 is 1.11 bits per heavy atom. The molecule has 0 unspecified atom stereocenters. The number of thiophene rings is 1. The Hall–Kier alpha value is -1.36. The zero-order chi connectivity index (χ0) is 13.7. The standard InChI is InChI=1S/C14H20N2O2S/c1-11(17)15-13-8-7-12(19-13)14(18)16-9-5-3-2-4-6-10-16/h7-8H,2-6,9-10H2,1H3,(H,15,17). The zero-order valence-electron chi connectivity index (χ0n) is 11.3. The highest BCUT2D eigenvalue weighted by Gasteiger charge is 2.18. The van der Waals surface area contributed by atoms with Crippen molar-refractivity contribution >= 4 is 28.2 Å². The predicted octanol–water partition coefficient (Wildman–Crippen LogP) is 3.11. The van der Waals surface area contributed by atoms with E-state index in [9.17, 15) is 9.59 Å². The summed E-state index contributed by atoms with van der Waals surface area (Å²) in [7, 11) is 0. The molecule has 0 radical (unpaired) electrons. The molecular formula is C14H20N2O2S. The fraction of sp³-hybridized carbons (Fsp3) is 0.571. The topological polar surface area (TPSA) is 49.4 Å². The van der Waals surface area contributed by atoms with Gasteiger partial charge in [-0.15, -0.1) is 11.3 Å². The van der Waals surface area contributed by atoms with Crippen LogP contribution in [0.1, 0.15) is 48.7 Å². The minimum atomic E-state index is -0.105. The van der Waals surface area contributed by atoms with Crippen molar-refractivity contribution in [3.05, 3.63) is 17.0 Å². The fourth-order valence-electron chi connectivity index (χ4n) is 2.30. The van der Waals surface area contributed by atoms with Gasteiger partial charge in [0.05, 0.1) is 9.88 Å². The lowest BCUT2D eigenvalue weighted by Crippen LogP contribution is -2.33. The van der Waals surface area contributed by atoms with Crippen LogP contribution in [0.5, 0.6) is 0 Å². The maximum Gasteiger partial charge on any atom is 0.263 e. The van der Waals surface area contributed by atoms with Crippen LogP contribution in [0.4, 0.5) is 5.00 Å². The van der Waals surface area contributed by atoms with Gasteiger partial charge in [0.1, 0.15) is 0 Å². The summed E-state index contributed by atoms with van der Waals surface area (Å²) in [5.74, 6) is -0.00406. The van der Waals surface area contributed by atoms with Crippen molar-refractivity contribution in [3.63, 3.8) is 0 Å². The van der Waals surface area contributed by atoms with E-state index in [1.54, 1.807) is 12.1 Å². The third-order valence-corrected chi connectivity index (χ3v) is 4.25. The summed E-state index contributed by atoms with van der Waals surface area (Å²) >= 11 is 1.35. The van der Waals surface area contributed by atoms with Crippen molar-refractivity contribution < 1.29 is 9.59 Å². The Bertz CT molecular complexity index is 448. The molecule has 104 valence electrons. The van der Waals surface area contributed by atoms with Gasteiger partial charge in [0.2, 0.25) is 5.91 Å². The Morgan fingerprint density at radius 3 is 2.37 bits per heavy atom. The summed E-state index contributed by atoms with van der Waals surface area (Å²) in [5, 5.41) is 3.45. The van der Waals surface area contributed by atoms with Gasteiger partial charge in [0, 0.05) is 20.0 Å². The molecule has 0 atom stereocenters. The highest BCUT2D eigenvalue weighted by molar-refractivity contribution is 7.18. The van der Waals surface area contributed by atoms with E-state index in [2.05, 4.69) is 5.32 Å². The van der Waals surface area contributed by atoms with Crippen LogP contribution in [0.25, 0.3) is 0 Å². The van der Waals surface area contributed by atoms with Crippen molar-refractivity contribution in [2.24, 2.45) is 0 Å². The molecule has 5 heteroatoms. The van der Waals surface area contributed by atoms with E-state index in [1.807, 2.05) is 4.90 Å². The lowest BCUT2D eigenvalue weighted by atomic mass is 10.1. The van der Waals surface area contributed by atoms with Crippen LogP contribution in [0, 0.1) is 0 Å². The van der Waals surface area contributed by atoms with Crippen LogP contribution in [0.3, 0.4) is 0 Å². The molecule has 2 amide bonds. The second-order valence-electron chi connectivity index (χ2n) is 4.91. The third kappa shape index (κ3) is 4.06. The second-order valence-corrected chi connectivity index (χ2v) is 5.99. The first-order valence-electron chi connectivity index (χ1n) is 6.83. The van der Waals surface area contributed by atoms with Crippen LogP contribution in [0.2, 0.25) is 0 Å². The summed E-state index contributed by atoms with van der Waals surface area (Å²) < 4.78 is 0. The van der Waals surface area contributed by atoms with Crippen LogP contribution in [0.15, 0.2) is 12.1 Å². The van der Waals surface area contributed by atoms with E-state index in [0.717, 1.165) is 30.9 Å². The first-order valence-corrected chi connectivity index (χ1v) is 7.65. The number of hydrogen-bond acceptors (Lipinski definition) is 3. The molecule has 1 saturated heterocycles. The van der Waals surface area contributed by atoms with Crippen molar-refractivity contribution in [1.82, 2.24) is 4.90 Å². The van der Waals surface area contributed by atoms with Crippen LogP contribution >= 0.6 is 11.3 Å². The SMILES string of the molecule is CC(=O)Nc1ccc(C(=O)N2CCCCCCC2)s1. The van der Waals surface area contributed by atoms with Crippen LogP contribution in [-0.2, 0) is 4.79 Å². The average Bonchev–Trinajstić information content (AvgIpc) is 2.75. The predicted molar refractivity (Wildman–Crippen MR) is 77.6 cm³/mol. The Balaban J connectivity index is 2.00. The van der Waals surface area contributed by atoms with E-state index in [-0.39, 0.29) is 11.8 Å². The van der Waals surface area contributed by atoms with Gasteiger partial charge >= 0.3 is 0 Å². The zero-order valence-corrected chi connectivity index (χ0v) is 12.1. The average molecular weight is 280 g/mol. The van der Waals surface area contributed by atoms with Gasteiger partial charge in [0.25, 0.3) is 5.91 Å². The summed E-state index contributed by atoms with van der Waals surface area (Å²) in [4.78, 5) is 26.0. The lowest BCUT2D eigenvalue weighted by Gasteiger charge is -2.24. The highest BCUT2D eigenvalue weighted by atomic mass is 32.1. The molecule has 0 spiro atoms. The molecule has 1 aliphatic heterocycles. The van der Waals surface area contributed by atoms with E-state index in [4.69, 9.17) is 0 Å². The van der Waals surface area contributed by atoms with Gasteiger partial charge in [-0.2, -0.15) is 0 Å².